The second-order valence-corrected chi connectivity index (χ2v) is 5.75. The zero-order chi connectivity index (χ0) is 15.0. The van der Waals surface area contributed by atoms with Gasteiger partial charge < -0.3 is 10.6 Å². The van der Waals surface area contributed by atoms with Gasteiger partial charge in [-0.15, -0.1) is 0 Å². The van der Waals surface area contributed by atoms with Crippen LogP contribution >= 0.6 is 11.6 Å². The van der Waals surface area contributed by atoms with Gasteiger partial charge in [-0.25, -0.2) is 0 Å². The number of nitrogens with zero attached hydrogens (tertiary/aromatic N) is 3. The molecule has 1 aliphatic rings. The van der Waals surface area contributed by atoms with E-state index in [4.69, 9.17) is 17.3 Å². The van der Waals surface area contributed by atoms with Crippen LogP contribution in [0.15, 0.2) is 30.5 Å². The summed E-state index contributed by atoms with van der Waals surface area (Å²) in [7, 11) is 1.80. The second-order valence-electron chi connectivity index (χ2n) is 5.34. The van der Waals surface area contributed by atoms with Gasteiger partial charge in [-0.1, -0.05) is 29.8 Å². The SMILES string of the molecule is Cn1cc(C(=O)N2CC[C@H](N)C2)c(-c2ccccc2Cl)n1. The molecule has 1 aliphatic heterocycles. The molecule has 3 rings (SSSR count). The normalized spacial score (nSPS) is 18.2. The highest BCUT2D eigenvalue weighted by Gasteiger charge is 2.28. The lowest BCUT2D eigenvalue weighted by Crippen LogP contribution is -2.32. The Labute approximate surface area is 128 Å². The summed E-state index contributed by atoms with van der Waals surface area (Å²) in [6.45, 7) is 1.28. The van der Waals surface area contributed by atoms with Gasteiger partial charge in [-0.3, -0.25) is 9.48 Å². The largest absolute Gasteiger partial charge is 0.337 e. The molecule has 2 N–H and O–H groups in total. The number of halogens is 1. The molecule has 0 bridgehead atoms. The molecular weight excluding hydrogens is 288 g/mol. The minimum absolute atomic E-state index is 0.0361. The van der Waals surface area contributed by atoms with Crippen LogP contribution in [0.1, 0.15) is 16.8 Å². The van der Waals surface area contributed by atoms with Crippen molar-refractivity contribution >= 4 is 17.5 Å². The van der Waals surface area contributed by atoms with Crippen molar-refractivity contribution in [3.05, 3.63) is 41.0 Å². The Morgan fingerprint density at radius 1 is 1.43 bits per heavy atom. The first-order valence-corrected chi connectivity index (χ1v) is 7.27. The molecule has 1 aromatic heterocycles. The van der Waals surface area contributed by atoms with E-state index in [1.54, 1.807) is 28.9 Å². The maximum atomic E-state index is 12.7. The number of hydrogen-bond acceptors (Lipinski definition) is 3. The van der Waals surface area contributed by atoms with Gasteiger partial charge in [0.2, 0.25) is 0 Å². The van der Waals surface area contributed by atoms with Gasteiger partial charge in [0.15, 0.2) is 0 Å². The summed E-state index contributed by atoms with van der Waals surface area (Å²) < 4.78 is 1.64. The third-order valence-corrected chi connectivity index (χ3v) is 4.03. The molecule has 1 saturated heterocycles. The Morgan fingerprint density at radius 3 is 2.86 bits per heavy atom. The van der Waals surface area contributed by atoms with Crippen LogP contribution in [0.4, 0.5) is 0 Å². The molecule has 2 aromatic rings. The summed E-state index contributed by atoms with van der Waals surface area (Å²) in [5.41, 5.74) is 7.84. The molecule has 2 heterocycles. The molecule has 0 aliphatic carbocycles. The summed E-state index contributed by atoms with van der Waals surface area (Å²) in [5.74, 6) is -0.0361. The van der Waals surface area contributed by atoms with Crippen LogP contribution in [-0.2, 0) is 7.05 Å². The van der Waals surface area contributed by atoms with E-state index in [0.717, 1.165) is 12.0 Å². The number of hydrogen-bond donors (Lipinski definition) is 1. The van der Waals surface area contributed by atoms with Crippen LogP contribution in [0, 0.1) is 0 Å². The number of carbonyl (C=O) groups is 1. The van der Waals surface area contributed by atoms with Crippen molar-refractivity contribution in [1.82, 2.24) is 14.7 Å². The van der Waals surface area contributed by atoms with Crippen LogP contribution in [0.3, 0.4) is 0 Å². The average Bonchev–Trinajstić information content (AvgIpc) is 3.05. The van der Waals surface area contributed by atoms with Gasteiger partial charge >= 0.3 is 0 Å². The lowest BCUT2D eigenvalue weighted by atomic mass is 10.1. The topological polar surface area (TPSA) is 64.2 Å². The van der Waals surface area contributed by atoms with E-state index < -0.39 is 0 Å². The standard InChI is InChI=1S/C15H17ClN4O/c1-19-9-12(15(21)20-7-6-10(17)8-20)14(18-19)11-4-2-3-5-13(11)16/h2-5,9-10H,6-8,17H2,1H3/t10-/m0/s1. The first kappa shape index (κ1) is 14.1. The molecule has 0 radical (unpaired) electrons. The Balaban J connectivity index is 2.00. The fraction of sp³-hybridized carbons (Fsp3) is 0.333. The van der Waals surface area contributed by atoms with Crippen molar-refractivity contribution in [1.29, 1.82) is 0 Å². The van der Waals surface area contributed by atoms with E-state index in [9.17, 15) is 4.79 Å². The Bertz CT molecular complexity index is 682. The van der Waals surface area contributed by atoms with Crippen molar-refractivity contribution in [2.24, 2.45) is 12.8 Å². The molecule has 110 valence electrons. The molecule has 0 saturated carbocycles. The predicted molar refractivity (Wildman–Crippen MR) is 82.1 cm³/mol. The molecule has 21 heavy (non-hydrogen) atoms. The summed E-state index contributed by atoms with van der Waals surface area (Å²) in [6.07, 6.45) is 2.58. The van der Waals surface area contributed by atoms with E-state index in [-0.39, 0.29) is 11.9 Å². The van der Waals surface area contributed by atoms with Crippen molar-refractivity contribution in [3.63, 3.8) is 0 Å². The summed E-state index contributed by atoms with van der Waals surface area (Å²) in [5, 5.41) is 4.99. The molecular formula is C15H17ClN4O. The average molecular weight is 305 g/mol. The third-order valence-electron chi connectivity index (χ3n) is 3.70. The number of aromatic nitrogens is 2. The smallest absolute Gasteiger partial charge is 0.257 e. The number of amides is 1. The van der Waals surface area contributed by atoms with Crippen molar-refractivity contribution < 1.29 is 4.79 Å². The van der Waals surface area contributed by atoms with Crippen molar-refractivity contribution in [2.75, 3.05) is 13.1 Å². The molecule has 5 nitrogen and oxygen atoms in total. The minimum atomic E-state index is -0.0361. The Hall–Kier alpha value is -1.85. The summed E-state index contributed by atoms with van der Waals surface area (Å²) in [6, 6.07) is 7.48. The summed E-state index contributed by atoms with van der Waals surface area (Å²) >= 11 is 6.23. The van der Waals surface area contributed by atoms with Gasteiger partial charge in [0.1, 0.15) is 5.69 Å². The van der Waals surface area contributed by atoms with Crippen LogP contribution in [-0.4, -0.2) is 39.7 Å². The van der Waals surface area contributed by atoms with Gasteiger partial charge in [0.25, 0.3) is 5.91 Å². The maximum absolute atomic E-state index is 12.7. The van der Waals surface area contributed by atoms with Gasteiger partial charge in [0.05, 0.1) is 10.6 Å². The Kier molecular flexibility index (Phi) is 3.69. The molecule has 1 aromatic carbocycles. The summed E-state index contributed by atoms with van der Waals surface area (Å²) in [4.78, 5) is 14.5. The zero-order valence-electron chi connectivity index (χ0n) is 11.8. The quantitative estimate of drug-likeness (QED) is 0.922. The lowest BCUT2D eigenvalue weighted by molar-refractivity contribution is 0.0791. The number of benzene rings is 1. The molecule has 0 unspecified atom stereocenters. The van der Waals surface area contributed by atoms with E-state index in [1.165, 1.54) is 0 Å². The monoisotopic (exact) mass is 304 g/mol. The second kappa shape index (κ2) is 5.50. The van der Waals surface area contributed by atoms with E-state index >= 15 is 0 Å². The number of carbonyl (C=O) groups excluding carboxylic acids is 1. The van der Waals surface area contributed by atoms with Crippen LogP contribution in [0.25, 0.3) is 11.3 Å². The van der Waals surface area contributed by atoms with E-state index in [0.29, 0.717) is 29.4 Å². The number of rotatable bonds is 2. The molecule has 1 amide bonds. The van der Waals surface area contributed by atoms with Crippen LogP contribution < -0.4 is 5.73 Å². The number of likely N-dealkylation sites (tertiary alicyclic amines) is 1. The lowest BCUT2D eigenvalue weighted by Gasteiger charge is -2.15. The highest BCUT2D eigenvalue weighted by atomic mass is 35.5. The van der Waals surface area contributed by atoms with Gasteiger partial charge in [-0.05, 0) is 12.5 Å². The first-order valence-electron chi connectivity index (χ1n) is 6.89. The minimum Gasteiger partial charge on any atom is -0.337 e. The molecule has 0 spiro atoms. The van der Waals surface area contributed by atoms with Gasteiger partial charge in [0, 0.05) is 37.9 Å². The highest BCUT2D eigenvalue weighted by molar-refractivity contribution is 6.33. The Morgan fingerprint density at radius 2 is 2.19 bits per heavy atom. The predicted octanol–water partition coefficient (Wildman–Crippen LogP) is 1.91. The molecule has 1 atom stereocenters. The van der Waals surface area contributed by atoms with E-state index in [2.05, 4.69) is 5.10 Å². The number of aryl methyl sites for hydroxylation is 1. The van der Waals surface area contributed by atoms with Crippen molar-refractivity contribution in [3.8, 4) is 11.3 Å². The fourth-order valence-electron chi connectivity index (χ4n) is 2.64. The van der Waals surface area contributed by atoms with Gasteiger partial charge in [-0.2, -0.15) is 5.10 Å². The van der Waals surface area contributed by atoms with Crippen LogP contribution in [0.2, 0.25) is 5.02 Å². The van der Waals surface area contributed by atoms with Crippen molar-refractivity contribution in [2.45, 2.75) is 12.5 Å². The van der Waals surface area contributed by atoms with E-state index in [1.807, 2.05) is 18.2 Å². The number of nitrogens with two attached hydrogens (primary N) is 1. The van der Waals surface area contributed by atoms with Crippen LogP contribution in [0.5, 0.6) is 0 Å². The maximum Gasteiger partial charge on any atom is 0.257 e. The fourth-order valence-corrected chi connectivity index (χ4v) is 2.86. The third kappa shape index (κ3) is 2.66. The molecule has 1 fully saturated rings. The zero-order valence-corrected chi connectivity index (χ0v) is 12.5. The first-order chi connectivity index (χ1) is 10.1. The molecule has 6 heteroatoms. The highest BCUT2D eigenvalue weighted by Crippen LogP contribution is 2.30.